The number of benzene rings is 1. The van der Waals surface area contributed by atoms with Crippen LogP contribution >= 0.6 is 0 Å². The number of rotatable bonds is 8. The molecule has 0 atom stereocenters. The summed E-state index contributed by atoms with van der Waals surface area (Å²) in [5.41, 5.74) is 3.43. The van der Waals surface area contributed by atoms with Crippen LogP contribution in [0.5, 0.6) is 5.88 Å². The van der Waals surface area contributed by atoms with Gasteiger partial charge in [-0.3, -0.25) is 9.88 Å². The fourth-order valence-corrected chi connectivity index (χ4v) is 4.78. The van der Waals surface area contributed by atoms with Crippen molar-refractivity contribution in [3.8, 4) is 17.1 Å². The van der Waals surface area contributed by atoms with Crippen LogP contribution in [0.15, 0.2) is 48.9 Å². The van der Waals surface area contributed by atoms with Crippen LogP contribution in [-0.4, -0.2) is 68.8 Å². The van der Waals surface area contributed by atoms with Crippen molar-refractivity contribution in [1.82, 2.24) is 35.1 Å². The minimum Gasteiger partial charge on any atom is -0.477 e. The SMILES string of the molecule is FC(F)(F)C1(COc2cc(-c3ccc4nc(Cc5cc(CN6CCNCC6)ccn5)[nH]c4c3)ncn2)CC1. The van der Waals surface area contributed by atoms with Crippen molar-refractivity contribution in [2.75, 3.05) is 32.8 Å². The van der Waals surface area contributed by atoms with Gasteiger partial charge in [-0.15, -0.1) is 0 Å². The molecule has 1 aliphatic heterocycles. The van der Waals surface area contributed by atoms with Crippen LogP contribution in [0.4, 0.5) is 13.2 Å². The van der Waals surface area contributed by atoms with Gasteiger partial charge in [0, 0.05) is 62.7 Å². The predicted octanol–water partition coefficient (Wildman–Crippen LogP) is 4.13. The first-order valence-electron chi connectivity index (χ1n) is 12.7. The molecule has 1 aliphatic carbocycles. The Hall–Kier alpha value is -3.57. The maximum Gasteiger partial charge on any atom is 0.397 e. The molecule has 0 bridgehead atoms. The number of fused-ring (bicyclic) bond motifs is 1. The smallest absolute Gasteiger partial charge is 0.397 e. The normalized spacial score (nSPS) is 17.6. The largest absolute Gasteiger partial charge is 0.477 e. The molecule has 8 nitrogen and oxygen atoms in total. The van der Waals surface area contributed by atoms with Gasteiger partial charge in [-0.1, -0.05) is 6.07 Å². The Morgan fingerprint density at radius 3 is 2.63 bits per heavy atom. The van der Waals surface area contributed by atoms with E-state index >= 15 is 0 Å². The summed E-state index contributed by atoms with van der Waals surface area (Å²) in [4.78, 5) is 23.3. The lowest BCUT2D eigenvalue weighted by Crippen LogP contribution is -2.42. The maximum absolute atomic E-state index is 13.2. The second-order valence-electron chi connectivity index (χ2n) is 10.1. The lowest BCUT2D eigenvalue weighted by atomic mass is 10.1. The van der Waals surface area contributed by atoms with E-state index in [0.717, 1.165) is 60.8 Å². The maximum atomic E-state index is 13.2. The van der Waals surface area contributed by atoms with E-state index in [1.807, 2.05) is 24.4 Å². The molecule has 4 heterocycles. The number of piperazine rings is 1. The van der Waals surface area contributed by atoms with E-state index in [2.05, 4.69) is 42.3 Å². The van der Waals surface area contributed by atoms with Gasteiger partial charge in [0.2, 0.25) is 5.88 Å². The lowest BCUT2D eigenvalue weighted by Gasteiger charge is -2.27. The Bertz CT molecular complexity index is 1430. The van der Waals surface area contributed by atoms with Gasteiger partial charge >= 0.3 is 6.18 Å². The van der Waals surface area contributed by atoms with Crippen molar-refractivity contribution in [3.05, 3.63) is 66.0 Å². The zero-order valence-corrected chi connectivity index (χ0v) is 20.8. The Morgan fingerprint density at radius 1 is 1.00 bits per heavy atom. The number of hydrogen-bond donors (Lipinski definition) is 2. The molecule has 2 aliphatic rings. The van der Waals surface area contributed by atoms with E-state index in [4.69, 9.17) is 9.72 Å². The van der Waals surface area contributed by atoms with Crippen LogP contribution in [0.1, 0.15) is 29.9 Å². The molecule has 0 unspecified atom stereocenters. The van der Waals surface area contributed by atoms with Gasteiger partial charge in [-0.05, 0) is 42.7 Å². The summed E-state index contributed by atoms with van der Waals surface area (Å²) in [5, 5.41) is 3.38. The van der Waals surface area contributed by atoms with E-state index in [0.29, 0.717) is 12.1 Å². The fourth-order valence-electron chi connectivity index (χ4n) is 4.78. The highest BCUT2D eigenvalue weighted by molar-refractivity contribution is 5.81. The van der Waals surface area contributed by atoms with Crippen LogP contribution in [0.25, 0.3) is 22.3 Å². The molecule has 4 aromatic rings. The fraction of sp³-hybridized carbons (Fsp3) is 0.407. The number of halogens is 3. The monoisotopic (exact) mass is 523 g/mol. The Morgan fingerprint density at radius 2 is 1.84 bits per heavy atom. The molecule has 11 heteroatoms. The molecule has 2 fully saturated rings. The minimum absolute atomic E-state index is 0.0865. The van der Waals surface area contributed by atoms with E-state index in [1.54, 1.807) is 6.07 Å². The van der Waals surface area contributed by atoms with E-state index < -0.39 is 18.2 Å². The van der Waals surface area contributed by atoms with Crippen molar-refractivity contribution in [3.63, 3.8) is 0 Å². The third kappa shape index (κ3) is 5.34. The third-order valence-corrected chi connectivity index (χ3v) is 7.27. The van der Waals surface area contributed by atoms with E-state index in [-0.39, 0.29) is 18.7 Å². The second kappa shape index (κ2) is 9.95. The van der Waals surface area contributed by atoms with Gasteiger partial charge in [-0.2, -0.15) is 13.2 Å². The Labute approximate surface area is 217 Å². The van der Waals surface area contributed by atoms with E-state index in [9.17, 15) is 13.2 Å². The zero-order valence-electron chi connectivity index (χ0n) is 20.8. The number of aromatic amines is 1. The molecule has 2 N–H and O–H groups in total. The van der Waals surface area contributed by atoms with E-state index in [1.165, 1.54) is 11.9 Å². The molecule has 38 heavy (non-hydrogen) atoms. The Balaban J connectivity index is 1.15. The number of pyridine rings is 1. The standard InChI is InChI=1S/C27H28F3N7O/c28-27(29,30)26(4-5-26)16-38-25-14-22(33-17-34-25)19-1-2-21-23(12-19)36-24(35-21)13-20-11-18(3-6-32-20)15-37-9-7-31-8-10-37/h1-3,6,11-12,14,17,31H,4-5,7-10,13,15-16H2,(H,35,36). The van der Waals surface area contributed by atoms with Crippen molar-refractivity contribution < 1.29 is 17.9 Å². The van der Waals surface area contributed by atoms with Crippen molar-refractivity contribution in [1.29, 1.82) is 0 Å². The second-order valence-corrected chi connectivity index (χ2v) is 10.1. The van der Waals surface area contributed by atoms with Gasteiger partial charge in [0.05, 0.1) is 16.7 Å². The average Bonchev–Trinajstić information content (AvgIpc) is 3.62. The van der Waals surface area contributed by atoms with Crippen LogP contribution < -0.4 is 10.1 Å². The molecule has 3 aromatic heterocycles. The van der Waals surface area contributed by atoms with Crippen molar-refractivity contribution in [2.24, 2.45) is 5.41 Å². The summed E-state index contributed by atoms with van der Waals surface area (Å²) >= 11 is 0. The van der Waals surface area contributed by atoms with Gasteiger partial charge < -0.3 is 15.0 Å². The molecule has 1 saturated heterocycles. The number of nitrogens with one attached hydrogen (secondary N) is 2. The first kappa shape index (κ1) is 24.7. The number of aromatic nitrogens is 5. The minimum atomic E-state index is -4.27. The number of ether oxygens (including phenoxy) is 1. The van der Waals surface area contributed by atoms with Crippen molar-refractivity contribution >= 4 is 11.0 Å². The van der Waals surface area contributed by atoms with Crippen molar-refractivity contribution in [2.45, 2.75) is 32.0 Å². The molecule has 0 amide bonds. The lowest BCUT2D eigenvalue weighted by molar-refractivity contribution is -0.194. The first-order valence-corrected chi connectivity index (χ1v) is 12.7. The van der Waals surface area contributed by atoms with Gasteiger partial charge in [0.15, 0.2) is 0 Å². The van der Waals surface area contributed by atoms with Crippen LogP contribution in [0.3, 0.4) is 0 Å². The number of H-pyrrole nitrogens is 1. The van der Waals surface area contributed by atoms with Crippen LogP contribution in [0, 0.1) is 5.41 Å². The number of alkyl halides is 3. The molecule has 0 spiro atoms. The number of imidazole rings is 1. The summed E-state index contributed by atoms with van der Waals surface area (Å²) in [7, 11) is 0. The molecule has 198 valence electrons. The molecule has 0 radical (unpaired) electrons. The van der Waals surface area contributed by atoms with Gasteiger partial charge in [0.1, 0.15) is 24.2 Å². The highest BCUT2D eigenvalue weighted by Gasteiger charge is 2.64. The topological polar surface area (TPSA) is 91.8 Å². The zero-order chi connectivity index (χ0) is 26.2. The molecule has 1 aromatic carbocycles. The summed E-state index contributed by atoms with van der Waals surface area (Å²) in [6.07, 6.45) is -0.367. The van der Waals surface area contributed by atoms with Gasteiger partial charge in [0.25, 0.3) is 0 Å². The quantitative estimate of drug-likeness (QED) is 0.359. The van der Waals surface area contributed by atoms with Gasteiger partial charge in [-0.25, -0.2) is 15.0 Å². The predicted molar refractivity (Wildman–Crippen MR) is 136 cm³/mol. The van der Waals surface area contributed by atoms with Crippen LogP contribution in [-0.2, 0) is 13.0 Å². The molecule has 1 saturated carbocycles. The van der Waals surface area contributed by atoms with Crippen LogP contribution in [0.2, 0.25) is 0 Å². The summed E-state index contributed by atoms with van der Waals surface area (Å²) in [5.74, 6) is 0.931. The third-order valence-electron chi connectivity index (χ3n) is 7.27. The highest BCUT2D eigenvalue weighted by Crippen LogP contribution is 2.57. The average molecular weight is 524 g/mol. The summed E-state index contributed by atoms with van der Waals surface area (Å²) < 4.78 is 45.1. The molecular weight excluding hydrogens is 495 g/mol. The Kier molecular flexibility index (Phi) is 6.48. The summed E-state index contributed by atoms with van der Waals surface area (Å²) in [6.45, 7) is 4.58. The molecular formula is C27H28F3N7O. The summed E-state index contributed by atoms with van der Waals surface area (Å²) in [6, 6.07) is 11.5. The highest BCUT2D eigenvalue weighted by atomic mass is 19.4. The molecule has 6 rings (SSSR count). The number of nitrogens with zero attached hydrogens (tertiary/aromatic N) is 5. The number of hydrogen-bond acceptors (Lipinski definition) is 7. The first-order chi connectivity index (χ1) is 18.4.